The minimum absolute atomic E-state index is 0.00295. The van der Waals surface area contributed by atoms with Gasteiger partial charge in [-0.3, -0.25) is 29.0 Å². The summed E-state index contributed by atoms with van der Waals surface area (Å²) in [6, 6.07) is 13.6. The molecule has 2 aliphatic heterocycles. The highest BCUT2D eigenvalue weighted by atomic mass is 127. The van der Waals surface area contributed by atoms with Crippen molar-refractivity contribution < 1.29 is 29.0 Å². The fraction of sp³-hybridized carbons (Fsp3) is 0.371. The van der Waals surface area contributed by atoms with Crippen LogP contribution < -0.4 is 4.74 Å². The molecule has 2 aromatic carbocycles. The van der Waals surface area contributed by atoms with Crippen LogP contribution in [0, 0.1) is 21.3 Å². The monoisotopic (exact) mass is 782 g/mol. The number of phenolic OH excluding ortho intramolecular Hbond substituents is 1. The highest BCUT2D eigenvalue weighted by molar-refractivity contribution is 14.1. The third kappa shape index (κ3) is 5.13. The van der Waals surface area contributed by atoms with Gasteiger partial charge in [0.2, 0.25) is 11.8 Å². The molecule has 4 unspecified atom stereocenters. The Morgan fingerprint density at radius 1 is 1.02 bits per heavy atom. The number of carbonyl (C=O) groups is 4. The molecule has 0 spiro atoms. The van der Waals surface area contributed by atoms with E-state index in [1.807, 2.05) is 46.9 Å². The fourth-order valence-electron chi connectivity index (χ4n) is 8.06. The van der Waals surface area contributed by atoms with E-state index >= 15 is 0 Å². The number of allylic oxidation sites excluding steroid dienone is 6. The van der Waals surface area contributed by atoms with Gasteiger partial charge in [0.1, 0.15) is 0 Å². The Morgan fingerprint density at radius 3 is 2.47 bits per heavy atom. The van der Waals surface area contributed by atoms with Crippen molar-refractivity contribution in [3.63, 3.8) is 0 Å². The second kappa shape index (κ2) is 11.9. The Morgan fingerprint density at radius 2 is 1.76 bits per heavy atom. The summed E-state index contributed by atoms with van der Waals surface area (Å²) in [5.74, 6) is -2.64. The molecule has 10 heteroatoms. The van der Waals surface area contributed by atoms with E-state index in [1.54, 1.807) is 17.0 Å². The van der Waals surface area contributed by atoms with Gasteiger partial charge in [0.05, 0.1) is 27.0 Å². The van der Waals surface area contributed by atoms with E-state index < -0.39 is 23.7 Å². The number of hydrogen-bond donors (Lipinski definition) is 1. The second-order valence-corrected chi connectivity index (χ2v) is 14.5. The topological polar surface area (TPSA) is 104 Å². The SMILES string of the molecule is COc1cc(C2C3=CCC4C(=O)N(C5CCN(Cc6ccccc6)CC5)C(=O)C4C3CC3=C2C(=O)C=C(Br)C3=O)cc(I)c1O. The number of ketones is 2. The Balaban J connectivity index is 1.21. The summed E-state index contributed by atoms with van der Waals surface area (Å²) in [4.78, 5) is 59.2. The van der Waals surface area contributed by atoms with E-state index in [-0.39, 0.29) is 51.8 Å². The first-order valence-corrected chi connectivity index (χ1v) is 17.1. The van der Waals surface area contributed by atoms with Crippen LogP contribution >= 0.6 is 38.5 Å². The van der Waals surface area contributed by atoms with Crippen molar-refractivity contribution in [2.24, 2.45) is 17.8 Å². The summed E-state index contributed by atoms with van der Waals surface area (Å²) in [6.07, 6.45) is 5.42. The van der Waals surface area contributed by atoms with Crippen LogP contribution in [0.5, 0.6) is 11.5 Å². The molecule has 3 aliphatic carbocycles. The van der Waals surface area contributed by atoms with E-state index in [9.17, 15) is 24.3 Å². The number of amides is 2. The largest absolute Gasteiger partial charge is 0.504 e. The van der Waals surface area contributed by atoms with Crippen molar-refractivity contribution in [1.29, 1.82) is 0 Å². The number of methoxy groups -OCH3 is 1. The van der Waals surface area contributed by atoms with Gasteiger partial charge in [0.25, 0.3) is 0 Å². The molecule has 2 amide bonds. The van der Waals surface area contributed by atoms with Crippen LogP contribution in [0.15, 0.2) is 75.8 Å². The summed E-state index contributed by atoms with van der Waals surface area (Å²) in [7, 11) is 1.46. The van der Waals surface area contributed by atoms with Gasteiger partial charge in [-0.05, 0) is 93.4 Å². The molecule has 4 atom stereocenters. The van der Waals surface area contributed by atoms with Crippen molar-refractivity contribution >= 4 is 61.9 Å². The number of Topliss-reactive ketones (excluding diaryl/α,β-unsaturated/α-hetero) is 1. The lowest BCUT2D eigenvalue weighted by Gasteiger charge is -2.42. The van der Waals surface area contributed by atoms with Gasteiger partial charge in [0.15, 0.2) is 23.1 Å². The first kappa shape index (κ1) is 30.6. The molecule has 1 N–H and O–H groups in total. The van der Waals surface area contributed by atoms with Crippen LogP contribution in [0.4, 0.5) is 0 Å². The third-order valence-corrected chi connectivity index (χ3v) is 11.6. The Hall–Kier alpha value is -3.09. The van der Waals surface area contributed by atoms with Gasteiger partial charge in [0, 0.05) is 48.8 Å². The lowest BCUT2D eigenvalue weighted by molar-refractivity contribution is -0.144. The van der Waals surface area contributed by atoms with Gasteiger partial charge < -0.3 is 9.84 Å². The lowest BCUT2D eigenvalue weighted by Crippen LogP contribution is -2.47. The molecule has 0 saturated carbocycles. The zero-order valence-corrected chi connectivity index (χ0v) is 28.4. The van der Waals surface area contributed by atoms with Crippen molar-refractivity contribution in [2.45, 2.75) is 44.2 Å². The number of piperidine rings is 1. The van der Waals surface area contributed by atoms with Gasteiger partial charge in [-0.15, -0.1) is 0 Å². The van der Waals surface area contributed by atoms with Crippen LogP contribution in [0.25, 0.3) is 0 Å². The summed E-state index contributed by atoms with van der Waals surface area (Å²) >= 11 is 5.31. The van der Waals surface area contributed by atoms with E-state index in [4.69, 9.17) is 4.74 Å². The van der Waals surface area contributed by atoms with Crippen LogP contribution in [0.2, 0.25) is 0 Å². The normalized spacial score (nSPS) is 27.2. The van der Waals surface area contributed by atoms with E-state index in [0.717, 1.165) is 38.0 Å². The fourth-order valence-corrected chi connectivity index (χ4v) is 9.14. The maximum atomic E-state index is 14.3. The zero-order chi connectivity index (χ0) is 31.6. The van der Waals surface area contributed by atoms with Gasteiger partial charge >= 0.3 is 0 Å². The highest BCUT2D eigenvalue weighted by Gasteiger charge is 2.57. The number of aromatic hydroxyl groups is 1. The number of halogens is 2. The molecule has 5 aliphatic rings. The molecule has 0 bridgehead atoms. The number of phenols is 1. The molecule has 0 radical (unpaired) electrons. The number of likely N-dealkylation sites (tertiary alicyclic amines) is 2. The minimum atomic E-state index is -0.603. The average molecular weight is 783 g/mol. The summed E-state index contributed by atoms with van der Waals surface area (Å²) in [5, 5.41) is 10.6. The molecule has 2 saturated heterocycles. The Labute approximate surface area is 283 Å². The number of rotatable bonds is 5. The van der Waals surface area contributed by atoms with Gasteiger partial charge in [-0.2, -0.15) is 0 Å². The smallest absolute Gasteiger partial charge is 0.233 e. The van der Waals surface area contributed by atoms with Gasteiger partial charge in [-0.25, -0.2) is 0 Å². The van der Waals surface area contributed by atoms with Crippen molar-refractivity contribution in [3.05, 3.63) is 90.5 Å². The molecule has 232 valence electrons. The van der Waals surface area contributed by atoms with Gasteiger partial charge in [-0.1, -0.05) is 42.0 Å². The summed E-state index contributed by atoms with van der Waals surface area (Å²) < 4.78 is 6.19. The van der Waals surface area contributed by atoms with Crippen molar-refractivity contribution in [2.75, 3.05) is 20.2 Å². The average Bonchev–Trinajstić information content (AvgIpc) is 3.30. The number of benzene rings is 2. The molecule has 2 aromatic rings. The molecule has 0 aromatic heterocycles. The highest BCUT2D eigenvalue weighted by Crippen LogP contribution is 2.56. The molecule has 2 heterocycles. The number of ether oxygens (including phenoxy) is 1. The maximum Gasteiger partial charge on any atom is 0.233 e. The standard InChI is InChI=1S/C35H32BrIN2O6/c1-45-28-14-19(13-26(37)33(28)42)29-21-7-8-22-30(23(21)15-24-31(29)27(40)16-25(36)32(24)41)35(44)39(34(22)43)20-9-11-38(12-10-20)17-18-5-3-2-4-6-18/h2-7,13-14,16,20,22-23,29-30,42H,8-12,15,17H2,1H3. The summed E-state index contributed by atoms with van der Waals surface area (Å²) in [6.45, 7) is 2.44. The molecule has 8 nitrogen and oxygen atoms in total. The molecular formula is C35H32BrIN2O6. The Bertz CT molecular complexity index is 1720. The zero-order valence-electron chi connectivity index (χ0n) is 24.7. The molecule has 7 rings (SSSR count). The first-order valence-electron chi connectivity index (χ1n) is 15.3. The number of hydrogen-bond acceptors (Lipinski definition) is 7. The van der Waals surface area contributed by atoms with E-state index in [0.29, 0.717) is 26.7 Å². The number of imide groups is 1. The van der Waals surface area contributed by atoms with E-state index in [2.05, 4.69) is 33.0 Å². The summed E-state index contributed by atoms with van der Waals surface area (Å²) in [5.41, 5.74) is 3.60. The molecule has 2 fully saturated rings. The predicted molar refractivity (Wildman–Crippen MR) is 179 cm³/mol. The van der Waals surface area contributed by atoms with Crippen LogP contribution in [-0.2, 0) is 25.7 Å². The van der Waals surface area contributed by atoms with Crippen LogP contribution in [0.3, 0.4) is 0 Å². The van der Waals surface area contributed by atoms with Crippen LogP contribution in [-0.4, -0.2) is 64.5 Å². The lowest BCUT2D eigenvalue weighted by atomic mass is 9.59. The predicted octanol–water partition coefficient (Wildman–Crippen LogP) is 5.43. The van der Waals surface area contributed by atoms with Crippen LogP contribution in [0.1, 0.15) is 42.7 Å². The molecular weight excluding hydrogens is 751 g/mol. The minimum Gasteiger partial charge on any atom is -0.504 e. The first-order chi connectivity index (χ1) is 21.7. The Kier molecular flexibility index (Phi) is 8.10. The number of nitrogens with zero attached hydrogens (tertiary/aromatic N) is 2. The van der Waals surface area contributed by atoms with Crippen molar-refractivity contribution in [1.82, 2.24) is 9.80 Å². The number of fused-ring (bicyclic) bond motifs is 3. The number of carbonyl (C=O) groups excluding carboxylic acids is 4. The third-order valence-electron chi connectivity index (χ3n) is 10.1. The second-order valence-electron chi connectivity index (χ2n) is 12.5. The van der Waals surface area contributed by atoms with E-state index in [1.165, 1.54) is 18.7 Å². The molecule has 45 heavy (non-hydrogen) atoms. The van der Waals surface area contributed by atoms with Crippen molar-refractivity contribution in [3.8, 4) is 11.5 Å². The maximum absolute atomic E-state index is 14.3. The quantitative estimate of drug-likeness (QED) is 0.187.